The van der Waals surface area contributed by atoms with Crippen LogP contribution in [0.2, 0.25) is 0 Å². The van der Waals surface area contributed by atoms with Gasteiger partial charge in [-0.25, -0.2) is 8.42 Å². The zero-order valence-electron chi connectivity index (χ0n) is 41.7. The Bertz CT molecular complexity index is 2820. The minimum atomic E-state index is -4.92. The number of likely N-dealkylation sites (N-methyl/N-ethyl adjacent to an activating group) is 1. The quantitative estimate of drug-likeness (QED) is 0.116. The van der Waals surface area contributed by atoms with Gasteiger partial charge >= 0.3 is 30.6 Å². The van der Waals surface area contributed by atoms with Crippen molar-refractivity contribution in [3.05, 3.63) is 146 Å². The van der Waals surface area contributed by atoms with E-state index < -0.39 is 80.1 Å². The highest BCUT2D eigenvalue weighted by molar-refractivity contribution is 7.91. The summed E-state index contributed by atoms with van der Waals surface area (Å²) >= 11 is 0. The third-order valence-corrected chi connectivity index (χ3v) is 14.8. The number of aryl methyl sites for hydroxylation is 1. The van der Waals surface area contributed by atoms with Gasteiger partial charge in [-0.2, -0.15) is 63.2 Å². The first-order chi connectivity index (χ1) is 35.3. The molecule has 2 fully saturated rings. The van der Waals surface area contributed by atoms with Crippen molar-refractivity contribution < 1.29 is 70.6 Å². The third-order valence-electron chi connectivity index (χ3n) is 13.3. The highest BCUT2D eigenvalue weighted by Crippen LogP contribution is 2.42. The molecule has 2 saturated heterocycles. The summed E-state index contributed by atoms with van der Waals surface area (Å²) in [5.74, 6) is 0.0991. The molecule has 5 aromatic rings. The van der Waals surface area contributed by atoms with Gasteiger partial charge in [-0.1, -0.05) is 58.1 Å². The number of aromatic nitrogens is 4. The van der Waals surface area contributed by atoms with Gasteiger partial charge in [0.1, 0.15) is 0 Å². The molecule has 12 nitrogen and oxygen atoms in total. The topological polar surface area (TPSA) is 150 Å². The van der Waals surface area contributed by atoms with Gasteiger partial charge < -0.3 is 14.8 Å². The van der Waals surface area contributed by atoms with E-state index in [0.717, 1.165) is 11.1 Å². The number of nitrogens with zero attached hydrogens (tertiary/aromatic N) is 6. The molecule has 1 aromatic heterocycles. The van der Waals surface area contributed by atoms with Crippen molar-refractivity contribution in [2.45, 2.75) is 112 Å². The standard InChI is InChI=1S/C23H23F6N5O.C19H22F6N2O.C9H10NO2S/c1-14(16-9-18(22(24,25)26)11-19(10-16)23(27,28)29)35-13-21(17-5-3-2-4-6-17)8-7-15(12-30-21)20-31-33-34-32-20;1-12(28-11-17(2)5-4-13(9-26)10-27(17)3)14-6-15(18(20,21)22)8-16(7-14)19(23,24)25;1-8-3-5-9(6-4-8)13(11,12)7-10-2/h2-6,9-11,14-15,30H,7-8,12-13H2,1H3,(H,31,32,33,34);6-8,12-13H,4-5,10-11H2,1-3H3;2-6H,7H2,1H3/q;;+1/t14-,15?,21-;12-,13?,17-;/m11./s1. The molecule has 0 spiro atoms. The molecular formula is C51H55F12N8O4S+. The number of hydrogen-bond acceptors (Lipinski definition) is 10. The first kappa shape index (κ1) is 60.7. The van der Waals surface area contributed by atoms with Crippen molar-refractivity contribution in [1.29, 1.82) is 5.26 Å². The van der Waals surface area contributed by atoms with Crippen LogP contribution in [0.25, 0.3) is 4.85 Å². The van der Waals surface area contributed by atoms with Gasteiger partial charge in [0.2, 0.25) is 0 Å². The number of tetrazole rings is 1. The number of likely N-dealkylation sites (tertiary alicyclic amines) is 1. The molecule has 7 rings (SSSR count). The Morgan fingerprint density at radius 3 is 1.68 bits per heavy atom. The molecule has 3 heterocycles. The number of benzene rings is 4. The van der Waals surface area contributed by atoms with Crippen LogP contribution in [0.1, 0.15) is 115 Å². The van der Waals surface area contributed by atoms with E-state index in [1.165, 1.54) is 13.8 Å². The van der Waals surface area contributed by atoms with Gasteiger partial charge in [0.15, 0.2) is 5.82 Å². The summed E-state index contributed by atoms with van der Waals surface area (Å²) < 4.78 is 192. The maximum atomic E-state index is 13.3. The molecule has 76 heavy (non-hydrogen) atoms. The highest BCUT2D eigenvalue weighted by atomic mass is 32.2. The zero-order chi connectivity index (χ0) is 56.5. The normalized spacial score (nSPS) is 21.4. The summed E-state index contributed by atoms with van der Waals surface area (Å²) in [5.41, 5.74) is -5.04. The number of sulfone groups is 1. The Balaban J connectivity index is 0.000000232. The Hall–Kier alpha value is -6.12. The number of H-pyrrole nitrogens is 1. The summed E-state index contributed by atoms with van der Waals surface area (Å²) in [6.45, 7) is 12.7. The zero-order valence-corrected chi connectivity index (χ0v) is 42.5. The summed E-state index contributed by atoms with van der Waals surface area (Å²) in [4.78, 5) is 5.32. The van der Waals surface area contributed by atoms with Crippen LogP contribution in [0, 0.1) is 30.7 Å². The molecule has 0 aliphatic carbocycles. The van der Waals surface area contributed by atoms with Gasteiger partial charge in [0, 0.05) is 24.5 Å². The van der Waals surface area contributed by atoms with Crippen molar-refractivity contribution in [3.63, 3.8) is 0 Å². The number of hydrogen-bond donors (Lipinski definition) is 2. The predicted octanol–water partition coefficient (Wildman–Crippen LogP) is 12.5. The molecule has 2 aliphatic heterocycles. The van der Waals surface area contributed by atoms with Crippen LogP contribution < -0.4 is 5.32 Å². The molecule has 4 aromatic carbocycles. The van der Waals surface area contributed by atoms with Crippen molar-refractivity contribution in [3.8, 4) is 12.6 Å². The SMILES string of the molecule is C#[N+]CS(=O)(=O)c1ccc(C)cc1.C[C@@H](OC[C@@]1(C)CCC(C#N)CN1C)c1cc(C(F)(F)F)cc(C(F)(F)F)c1.C[C@@H](OC[C@@]1(c2ccccc2)CCC(c2nn[nH]n2)CN1)c1cc(C(F)(F)F)cc(C(F)(F)F)c1. The fourth-order valence-electron chi connectivity index (χ4n) is 8.42. The van der Waals surface area contributed by atoms with E-state index >= 15 is 0 Å². The Labute approximate surface area is 431 Å². The van der Waals surface area contributed by atoms with E-state index in [2.05, 4.69) is 36.9 Å². The monoisotopic (exact) mass is 1100 g/mol. The lowest BCUT2D eigenvalue weighted by Gasteiger charge is -2.44. The van der Waals surface area contributed by atoms with E-state index in [0.29, 0.717) is 68.9 Å². The fourth-order valence-corrected chi connectivity index (χ4v) is 9.31. The van der Waals surface area contributed by atoms with Crippen LogP contribution in [0.4, 0.5) is 52.7 Å². The van der Waals surface area contributed by atoms with Crippen LogP contribution in [0.15, 0.2) is 95.9 Å². The Morgan fingerprint density at radius 2 is 1.28 bits per heavy atom. The smallest absolute Gasteiger partial charge is 0.372 e. The lowest BCUT2D eigenvalue weighted by molar-refractivity contribution is -0.145. The number of aromatic amines is 1. The summed E-state index contributed by atoms with van der Waals surface area (Å²) in [7, 11) is -1.50. The molecule has 0 bridgehead atoms. The molecule has 0 saturated carbocycles. The molecule has 412 valence electrons. The summed E-state index contributed by atoms with van der Waals surface area (Å²) in [5, 5.41) is 26.6. The second-order valence-corrected chi connectivity index (χ2v) is 20.9. The van der Waals surface area contributed by atoms with Crippen molar-refractivity contribution >= 4 is 9.84 Å². The number of nitriles is 1. The van der Waals surface area contributed by atoms with Crippen molar-refractivity contribution in [1.82, 2.24) is 30.8 Å². The average molecular weight is 1100 g/mol. The number of ether oxygens (including phenoxy) is 2. The Kier molecular flexibility index (Phi) is 19.6. The second-order valence-electron chi connectivity index (χ2n) is 18.9. The van der Waals surface area contributed by atoms with E-state index in [-0.39, 0.29) is 59.1 Å². The summed E-state index contributed by atoms with van der Waals surface area (Å²) in [6.07, 6.45) is -19.0. The second kappa shape index (κ2) is 24.5. The molecule has 2 aliphatic rings. The average Bonchev–Trinajstić information content (AvgIpc) is 3.91. The number of nitrogens with one attached hydrogen (secondary N) is 2. The van der Waals surface area contributed by atoms with Crippen LogP contribution in [0.5, 0.6) is 0 Å². The van der Waals surface area contributed by atoms with Gasteiger partial charge in [0.05, 0.1) is 70.1 Å². The maximum Gasteiger partial charge on any atom is 0.416 e. The van der Waals surface area contributed by atoms with Crippen LogP contribution in [0.3, 0.4) is 0 Å². The van der Waals surface area contributed by atoms with Crippen LogP contribution in [-0.4, -0.2) is 78.7 Å². The van der Waals surface area contributed by atoms with Crippen molar-refractivity contribution in [2.75, 3.05) is 39.2 Å². The molecule has 0 amide bonds. The molecular weight excluding hydrogens is 1050 g/mol. The van der Waals surface area contributed by atoms with Crippen LogP contribution >= 0.6 is 0 Å². The molecule has 0 radical (unpaired) electrons. The predicted molar refractivity (Wildman–Crippen MR) is 255 cm³/mol. The fraction of sp³-hybridized carbons (Fsp3) is 0.471. The number of piperidine rings is 2. The molecule has 6 atom stereocenters. The summed E-state index contributed by atoms with van der Waals surface area (Å²) in [6, 6.07) is 21.2. The minimum Gasteiger partial charge on any atom is -0.372 e. The molecule has 2 unspecified atom stereocenters. The number of halogens is 12. The third kappa shape index (κ3) is 16.2. The lowest BCUT2D eigenvalue weighted by atomic mass is 9.79. The van der Waals surface area contributed by atoms with E-state index in [9.17, 15) is 61.1 Å². The molecule has 2 N–H and O–H groups in total. The lowest BCUT2D eigenvalue weighted by Crippen LogP contribution is -2.52. The molecule has 25 heteroatoms. The van der Waals surface area contributed by atoms with Gasteiger partial charge in [-0.3, -0.25) is 4.90 Å². The minimum absolute atomic E-state index is 0.000761. The van der Waals surface area contributed by atoms with E-state index in [4.69, 9.17) is 21.3 Å². The van der Waals surface area contributed by atoms with Crippen LogP contribution in [-0.2, 0) is 49.6 Å². The van der Waals surface area contributed by atoms with Gasteiger partial charge in [-0.05, 0) is 126 Å². The van der Waals surface area contributed by atoms with Crippen molar-refractivity contribution in [2.24, 2.45) is 5.92 Å². The van der Waals surface area contributed by atoms with E-state index in [1.807, 2.05) is 56.1 Å². The first-order valence-electron chi connectivity index (χ1n) is 23.4. The number of alkyl halides is 12. The maximum absolute atomic E-state index is 13.3. The highest BCUT2D eigenvalue weighted by Gasteiger charge is 2.42. The number of rotatable bonds is 12. The Morgan fingerprint density at radius 1 is 0.776 bits per heavy atom. The first-order valence-corrected chi connectivity index (χ1v) is 25.1. The van der Waals surface area contributed by atoms with Gasteiger partial charge in [-0.15, -0.1) is 10.2 Å². The van der Waals surface area contributed by atoms with E-state index in [1.54, 1.807) is 24.3 Å². The largest absolute Gasteiger partial charge is 0.416 e. The van der Waals surface area contributed by atoms with Gasteiger partial charge in [0.25, 0.3) is 16.4 Å².